The van der Waals surface area contributed by atoms with Gasteiger partial charge in [0.05, 0.1) is 38.2 Å². The molecule has 0 amide bonds. The first-order chi connectivity index (χ1) is 12.4. The molecule has 26 heavy (non-hydrogen) atoms. The predicted octanol–water partition coefficient (Wildman–Crippen LogP) is -1.81. The summed E-state index contributed by atoms with van der Waals surface area (Å²) in [7, 11) is 0. The van der Waals surface area contributed by atoms with E-state index in [1.54, 1.807) is 17.8 Å². The predicted molar refractivity (Wildman–Crippen MR) is 89.0 cm³/mol. The zero-order chi connectivity index (χ0) is 19.1. The van der Waals surface area contributed by atoms with Gasteiger partial charge in [0.15, 0.2) is 0 Å². The summed E-state index contributed by atoms with van der Waals surface area (Å²) in [6, 6.07) is 0. The summed E-state index contributed by atoms with van der Waals surface area (Å²) in [6.45, 7) is 2.44. The molecule has 0 saturated carbocycles. The van der Waals surface area contributed by atoms with E-state index in [0.717, 1.165) is 6.42 Å². The van der Waals surface area contributed by atoms with Crippen LogP contribution in [-0.4, -0.2) is 90.4 Å². The molecule has 5 N–H and O–H groups in total. The topological polar surface area (TPSA) is 150 Å². The molecular weight excluding hydrogens is 346 g/mol. The van der Waals surface area contributed by atoms with E-state index in [2.05, 4.69) is 10.3 Å². The Morgan fingerprint density at radius 2 is 1.92 bits per heavy atom. The third kappa shape index (κ3) is 5.95. The van der Waals surface area contributed by atoms with Crippen molar-refractivity contribution >= 4 is 0 Å². The number of aliphatic hydroxyl groups excluding tert-OH is 5. The average Bonchev–Trinajstić information content (AvgIpc) is 3.04. The van der Waals surface area contributed by atoms with Crippen LogP contribution in [-0.2, 0) is 22.6 Å². The van der Waals surface area contributed by atoms with Crippen molar-refractivity contribution in [3.63, 3.8) is 0 Å². The van der Waals surface area contributed by atoms with Gasteiger partial charge in [-0.3, -0.25) is 0 Å². The van der Waals surface area contributed by atoms with E-state index in [-0.39, 0.29) is 0 Å². The van der Waals surface area contributed by atoms with Crippen LogP contribution >= 0.6 is 0 Å². The molecular formula is C16H29N3O7. The fraction of sp³-hybridized carbons (Fsp3) is 0.875. The maximum Gasteiger partial charge on any atom is 0.111 e. The van der Waals surface area contributed by atoms with E-state index in [4.69, 9.17) is 14.6 Å². The number of ether oxygens (including phenoxy) is 2. The molecule has 6 atom stereocenters. The summed E-state index contributed by atoms with van der Waals surface area (Å²) in [6.07, 6.45) is -2.21. The molecule has 10 nitrogen and oxygen atoms in total. The molecule has 2 heterocycles. The highest BCUT2D eigenvalue weighted by Gasteiger charge is 2.42. The zero-order valence-electron chi connectivity index (χ0n) is 14.9. The van der Waals surface area contributed by atoms with E-state index in [0.29, 0.717) is 38.3 Å². The van der Waals surface area contributed by atoms with E-state index in [1.807, 2.05) is 0 Å². The second-order valence-corrected chi connectivity index (χ2v) is 6.70. The van der Waals surface area contributed by atoms with Gasteiger partial charge in [-0.05, 0) is 26.2 Å². The van der Waals surface area contributed by atoms with Crippen molar-refractivity contribution in [2.75, 3.05) is 13.2 Å². The van der Waals surface area contributed by atoms with Gasteiger partial charge in [0.1, 0.15) is 30.1 Å². The highest BCUT2D eigenvalue weighted by atomic mass is 16.5. The molecule has 1 aliphatic rings. The van der Waals surface area contributed by atoms with Crippen LogP contribution < -0.4 is 0 Å². The molecule has 1 fully saturated rings. The van der Waals surface area contributed by atoms with Crippen molar-refractivity contribution in [2.45, 2.75) is 76.0 Å². The van der Waals surface area contributed by atoms with Gasteiger partial charge in [-0.25, -0.2) is 4.68 Å². The van der Waals surface area contributed by atoms with E-state index in [9.17, 15) is 20.4 Å². The SMILES string of the molecule is CC(O)Cn1cc(COCCCCC2OC(CO)C(O)C(O)C2O)nn1. The minimum absolute atomic E-state index is 0.319. The van der Waals surface area contributed by atoms with Crippen LogP contribution in [0.2, 0.25) is 0 Å². The van der Waals surface area contributed by atoms with E-state index >= 15 is 0 Å². The van der Waals surface area contributed by atoms with Gasteiger partial charge in [0.25, 0.3) is 0 Å². The summed E-state index contributed by atoms with van der Waals surface area (Å²) >= 11 is 0. The lowest BCUT2D eigenvalue weighted by atomic mass is 9.92. The molecule has 0 bridgehead atoms. The number of rotatable bonds is 10. The van der Waals surface area contributed by atoms with Crippen molar-refractivity contribution in [1.29, 1.82) is 0 Å². The third-order valence-corrected chi connectivity index (χ3v) is 4.31. The number of hydrogen-bond donors (Lipinski definition) is 5. The van der Waals surface area contributed by atoms with Crippen LogP contribution in [0.1, 0.15) is 31.9 Å². The van der Waals surface area contributed by atoms with Gasteiger partial charge in [0.2, 0.25) is 0 Å². The van der Waals surface area contributed by atoms with Crippen molar-refractivity contribution in [1.82, 2.24) is 15.0 Å². The molecule has 0 spiro atoms. The molecule has 0 aliphatic carbocycles. The largest absolute Gasteiger partial charge is 0.394 e. The van der Waals surface area contributed by atoms with E-state index < -0.39 is 43.2 Å². The van der Waals surface area contributed by atoms with Gasteiger partial charge in [-0.2, -0.15) is 0 Å². The lowest BCUT2D eigenvalue weighted by Gasteiger charge is -2.40. The fourth-order valence-electron chi connectivity index (χ4n) is 2.91. The van der Waals surface area contributed by atoms with Crippen LogP contribution in [0.25, 0.3) is 0 Å². The minimum Gasteiger partial charge on any atom is -0.394 e. The number of aromatic nitrogens is 3. The number of unbranched alkanes of at least 4 members (excludes halogenated alkanes) is 1. The van der Waals surface area contributed by atoms with Crippen molar-refractivity contribution in [3.8, 4) is 0 Å². The Labute approximate surface area is 152 Å². The Balaban J connectivity index is 1.62. The Hall–Kier alpha value is -1.14. The normalized spacial score (nSPS) is 30.5. The molecule has 1 aromatic rings. The summed E-state index contributed by atoms with van der Waals surface area (Å²) < 4.78 is 12.5. The van der Waals surface area contributed by atoms with Crippen LogP contribution in [0.3, 0.4) is 0 Å². The van der Waals surface area contributed by atoms with Crippen molar-refractivity contribution < 1.29 is 35.0 Å². The highest BCUT2D eigenvalue weighted by Crippen LogP contribution is 2.24. The smallest absolute Gasteiger partial charge is 0.111 e. The maximum atomic E-state index is 9.95. The van der Waals surface area contributed by atoms with Gasteiger partial charge < -0.3 is 35.0 Å². The molecule has 10 heteroatoms. The first-order valence-corrected chi connectivity index (χ1v) is 8.87. The second kappa shape index (κ2) is 10.3. The molecule has 150 valence electrons. The number of nitrogens with zero attached hydrogens (tertiary/aromatic N) is 3. The Kier molecular flexibility index (Phi) is 8.35. The molecule has 6 unspecified atom stereocenters. The van der Waals surface area contributed by atoms with Gasteiger partial charge in [-0.15, -0.1) is 5.10 Å². The lowest BCUT2D eigenvalue weighted by Crippen LogP contribution is -2.58. The lowest BCUT2D eigenvalue weighted by molar-refractivity contribution is -0.230. The number of aliphatic hydroxyl groups is 5. The maximum absolute atomic E-state index is 9.95. The van der Waals surface area contributed by atoms with Crippen molar-refractivity contribution in [3.05, 3.63) is 11.9 Å². The van der Waals surface area contributed by atoms with Gasteiger partial charge >= 0.3 is 0 Å². The van der Waals surface area contributed by atoms with Crippen LogP contribution in [0.4, 0.5) is 0 Å². The standard InChI is InChI=1S/C16H29N3O7/c1-10(21)6-19-7-11(17-18-19)9-25-5-3-2-4-12-14(22)16(24)15(23)13(8-20)26-12/h7,10,12-16,20-24H,2-6,8-9H2,1H3. The summed E-state index contributed by atoms with van der Waals surface area (Å²) in [5.74, 6) is 0. The Morgan fingerprint density at radius 3 is 2.62 bits per heavy atom. The van der Waals surface area contributed by atoms with Crippen molar-refractivity contribution in [2.24, 2.45) is 0 Å². The summed E-state index contributed by atoms with van der Waals surface area (Å²) in [4.78, 5) is 0. The third-order valence-electron chi connectivity index (χ3n) is 4.31. The number of hydrogen-bond acceptors (Lipinski definition) is 9. The molecule has 0 aromatic carbocycles. The molecule has 0 radical (unpaired) electrons. The first kappa shape index (κ1) is 21.2. The average molecular weight is 375 g/mol. The minimum atomic E-state index is -1.33. The Bertz CT molecular complexity index is 526. The second-order valence-electron chi connectivity index (χ2n) is 6.70. The zero-order valence-corrected chi connectivity index (χ0v) is 14.9. The van der Waals surface area contributed by atoms with Crippen LogP contribution in [0.5, 0.6) is 0 Å². The molecule has 2 rings (SSSR count). The fourth-order valence-corrected chi connectivity index (χ4v) is 2.91. The van der Waals surface area contributed by atoms with Gasteiger partial charge in [0, 0.05) is 6.61 Å². The summed E-state index contributed by atoms with van der Waals surface area (Å²) in [5, 5.41) is 55.7. The van der Waals surface area contributed by atoms with Crippen LogP contribution in [0.15, 0.2) is 6.20 Å². The molecule has 1 saturated heterocycles. The van der Waals surface area contributed by atoms with Gasteiger partial charge in [-0.1, -0.05) is 5.21 Å². The Morgan fingerprint density at radius 1 is 1.19 bits per heavy atom. The first-order valence-electron chi connectivity index (χ1n) is 8.87. The molecule has 1 aromatic heterocycles. The van der Waals surface area contributed by atoms with Crippen LogP contribution in [0, 0.1) is 0 Å². The molecule has 1 aliphatic heterocycles. The highest BCUT2D eigenvalue weighted by molar-refractivity contribution is 4.92. The van der Waals surface area contributed by atoms with E-state index in [1.165, 1.54) is 0 Å². The summed E-state index contributed by atoms with van der Waals surface area (Å²) in [5.41, 5.74) is 0.680. The quantitative estimate of drug-likeness (QED) is 0.298. The monoisotopic (exact) mass is 375 g/mol.